The molecule has 1 fully saturated rings. The van der Waals surface area contributed by atoms with E-state index < -0.39 is 0 Å². The Morgan fingerprint density at radius 3 is 2.50 bits per heavy atom. The fourth-order valence-corrected chi connectivity index (χ4v) is 3.12. The van der Waals surface area contributed by atoms with Gasteiger partial charge >= 0.3 is 0 Å². The Morgan fingerprint density at radius 2 is 1.89 bits per heavy atom. The zero-order chi connectivity index (χ0) is 12.8. The molecule has 100 valence electrons. The Kier molecular flexibility index (Phi) is 5.67. The van der Waals surface area contributed by atoms with E-state index in [0.717, 1.165) is 13.1 Å². The number of halogens is 1. The van der Waals surface area contributed by atoms with E-state index in [1.165, 1.54) is 54.4 Å². The molecule has 0 aliphatic carbocycles. The van der Waals surface area contributed by atoms with E-state index >= 15 is 0 Å². The normalized spacial score (nSPS) is 17.7. The molecule has 1 aromatic carbocycles. The van der Waals surface area contributed by atoms with Crippen LogP contribution in [0, 0.1) is 0 Å². The highest BCUT2D eigenvalue weighted by molar-refractivity contribution is 9.10. The van der Waals surface area contributed by atoms with Crippen LogP contribution >= 0.6 is 15.9 Å². The number of nitrogens with zero attached hydrogens (tertiary/aromatic N) is 1. The molecule has 1 saturated heterocycles. The summed E-state index contributed by atoms with van der Waals surface area (Å²) >= 11 is 3.71. The minimum atomic E-state index is 0.933. The topological polar surface area (TPSA) is 15.3 Å². The Balaban J connectivity index is 1.99. The summed E-state index contributed by atoms with van der Waals surface area (Å²) in [7, 11) is 1.99. The van der Waals surface area contributed by atoms with E-state index in [2.05, 4.69) is 44.3 Å². The summed E-state index contributed by atoms with van der Waals surface area (Å²) in [6, 6.07) is 6.74. The molecule has 18 heavy (non-hydrogen) atoms. The Hall–Kier alpha value is -0.380. The average Bonchev–Trinajstić information content (AvgIpc) is 2.62. The molecule has 1 aliphatic heterocycles. The van der Waals surface area contributed by atoms with E-state index in [1.807, 2.05) is 7.05 Å². The smallest absolute Gasteiger partial charge is 0.0244 e. The van der Waals surface area contributed by atoms with Crippen molar-refractivity contribution >= 4 is 15.9 Å². The van der Waals surface area contributed by atoms with Crippen LogP contribution in [0.4, 0.5) is 0 Å². The maximum absolute atomic E-state index is 3.71. The summed E-state index contributed by atoms with van der Waals surface area (Å²) in [4.78, 5) is 2.59. The summed E-state index contributed by atoms with van der Waals surface area (Å²) in [5.41, 5.74) is 2.75. The number of hydrogen-bond acceptors (Lipinski definition) is 2. The molecule has 1 heterocycles. The SMILES string of the molecule is CNCc1ccc(CN2CCCCCC2)c(Br)c1. The van der Waals surface area contributed by atoms with Crippen molar-refractivity contribution in [2.75, 3.05) is 20.1 Å². The van der Waals surface area contributed by atoms with Crippen molar-refractivity contribution in [2.45, 2.75) is 38.8 Å². The molecule has 0 spiro atoms. The van der Waals surface area contributed by atoms with Crippen molar-refractivity contribution < 1.29 is 0 Å². The lowest BCUT2D eigenvalue weighted by Gasteiger charge is -2.20. The van der Waals surface area contributed by atoms with Gasteiger partial charge in [-0.3, -0.25) is 4.90 Å². The Labute approximate surface area is 119 Å². The second-order valence-electron chi connectivity index (χ2n) is 5.15. The number of benzene rings is 1. The van der Waals surface area contributed by atoms with Crippen molar-refractivity contribution in [1.29, 1.82) is 0 Å². The quantitative estimate of drug-likeness (QED) is 0.915. The predicted molar refractivity (Wildman–Crippen MR) is 80.7 cm³/mol. The first kappa shape index (κ1) is 14.0. The van der Waals surface area contributed by atoms with E-state index in [-0.39, 0.29) is 0 Å². The third-order valence-electron chi connectivity index (χ3n) is 3.59. The minimum Gasteiger partial charge on any atom is -0.316 e. The summed E-state index contributed by atoms with van der Waals surface area (Å²) in [5, 5.41) is 3.19. The molecule has 0 bridgehead atoms. The van der Waals surface area contributed by atoms with Crippen molar-refractivity contribution in [1.82, 2.24) is 10.2 Å². The van der Waals surface area contributed by atoms with Gasteiger partial charge in [-0.05, 0) is 50.2 Å². The van der Waals surface area contributed by atoms with Crippen LogP contribution in [0.5, 0.6) is 0 Å². The van der Waals surface area contributed by atoms with Gasteiger partial charge in [0.2, 0.25) is 0 Å². The van der Waals surface area contributed by atoms with Crippen LogP contribution in [0.1, 0.15) is 36.8 Å². The van der Waals surface area contributed by atoms with Gasteiger partial charge in [-0.1, -0.05) is 40.9 Å². The molecular weight excluding hydrogens is 288 g/mol. The van der Waals surface area contributed by atoms with Crippen LogP contribution in [0.3, 0.4) is 0 Å². The standard InChI is InChI=1S/C15H23BrN2/c1-17-11-13-6-7-14(15(16)10-13)12-18-8-4-2-3-5-9-18/h6-7,10,17H,2-5,8-9,11-12H2,1H3. The van der Waals surface area contributed by atoms with Crippen LogP contribution in [0.25, 0.3) is 0 Å². The molecule has 1 N–H and O–H groups in total. The van der Waals surface area contributed by atoms with Crippen LogP contribution in [0.15, 0.2) is 22.7 Å². The number of hydrogen-bond donors (Lipinski definition) is 1. The van der Waals surface area contributed by atoms with Crippen molar-refractivity contribution in [3.63, 3.8) is 0 Å². The second-order valence-corrected chi connectivity index (χ2v) is 6.00. The molecule has 3 heteroatoms. The van der Waals surface area contributed by atoms with Crippen LogP contribution < -0.4 is 5.32 Å². The zero-order valence-electron chi connectivity index (χ0n) is 11.2. The first-order chi connectivity index (χ1) is 8.79. The first-order valence-electron chi connectivity index (χ1n) is 6.94. The summed E-state index contributed by atoms with van der Waals surface area (Å²) in [6.07, 6.45) is 5.52. The highest BCUT2D eigenvalue weighted by Gasteiger charge is 2.11. The van der Waals surface area contributed by atoms with Gasteiger partial charge in [-0.2, -0.15) is 0 Å². The van der Waals surface area contributed by atoms with Gasteiger partial charge in [0.1, 0.15) is 0 Å². The maximum atomic E-state index is 3.71. The summed E-state index contributed by atoms with van der Waals surface area (Å²) in [5.74, 6) is 0. The molecule has 0 saturated carbocycles. The van der Waals surface area contributed by atoms with Crippen molar-refractivity contribution in [3.8, 4) is 0 Å². The second kappa shape index (κ2) is 7.27. The van der Waals surface area contributed by atoms with Crippen LogP contribution in [0.2, 0.25) is 0 Å². The molecule has 0 unspecified atom stereocenters. The molecule has 0 radical (unpaired) electrons. The highest BCUT2D eigenvalue weighted by Crippen LogP contribution is 2.22. The average molecular weight is 311 g/mol. The van der Waals surface area contributed by atoms with Gasteiger partial charge in [0.05, 0.1) is 0 Å². The highest BCUT2D eigenvalue weighted by atomic mass is 79.9. The van der Waals surface area contributed by atoms with Gasteiger partial charge in [0.15, 0.2) is 0 Å². The largest absolute Gasteiger partial charge is 0.316 e. The number of nitrogens with one attached hydrogen (secondary N) is 1. The third-order valence-corrected chi connectivity index (χ3v) is 4.33. The van der Waals surface area contributed by atoms with Gasteiger partial charge < -0.3 is 5.32 Å². The fourth-order valence-electron chi connectivity index (χ4n) is 2.57. The van der Waals surface area contributed by atoms with E-state index in [1.54, 1.807) is 0 Å². The van der Waals surface area contributed by atoms with E-state index in [0.29, 0.717) is 0 Å². The molecule has 2 nitrogen and oxygen atoms in total. The maximum Gasteiger partial charge on any atom is 0.0244 e. The third kappa shape index (κ3) is 4.08. The van der Waals surface area contributed by atoms with Gasteiger partial charge in [0.25, 0.3) is 0 Å². The van der Waals surface area contributed by atoms with Gasteiger partial charge in [0, 0.05) is 17.6 Å². The molecule has 0 aromatic heterocycles. The summed E-state index contributed by atoms with van der Waals surface area (Å²) < 4.78 is 1.25. The number of rotatable bonds is 4. The molecular formula is C15H23BrN2. The fraction of sp³-hybridized carbons (Fsp3) is 0.600. The molecule has 1 aromatic rings. The molecule has 2 rings (SSSR count). The molecule has 0 atom stereocenters. The monoisotopic (exact) mass is 310 g/mol. The van der Waals surface area contributed by atoms with E-state index in [4.69, 9.17) is 0 Å². The van der Waals surface area contributed by atoms with Crippen molar-refractivity contribution in [3.05, 3.63) is 33.8 Å². The molecule has 1 aliphatic rings. The number of likely N-dealkylation sites (tertiary alicyclic amines) is 1. The minimum absolute atomic E-state index is 0.933. The van der Waals surface area contributed by atoms with Gasteiger partial charge in [-0.25, -0.2) is 0 Å². The Morgan fingerprint density at radius 1 is 1.17 bits per heavy atom. The van der Waals surface area contributed by atoms with Crippen LogP contribution in [-0.4, -0.2) is 25.0 Å². The zero-order valence-corrected chi connectivity index (χ0v) is 12.8. The lowest BCUT2D eigenvalue weighted by Crippen LogP contribution is -2.24. The van der Waals surface area contributed by atoms with Crippen LogP contribution in [-0.2, 0) is 13.1 Å². The Bertz CT molecular complexity index is 371. The van der Waals surface area contributed by atoms with Gasteiger partial charge in [-0.15, -0.1) is 0 Å². The lowest BCUT2D eigenvalue weighted by atomic mass is 10.1. The summed E-state index contributed by atoms with van der Waals surface area (Å²) in [6.45, 7) is 4.53. The van der Waals surface area contributed by atoms with E-state index in [9.17, 15) is 0 Å². The first-order valence-corrected chi connectivity index (χ1v) is 7.73. The van der Waals surface area contributed by atoms with Crippen molar-refractivity contribution in [2.24, 2.45) is 0 Å². The molecule has 0 amide bonds. The lowest BCUT2D eigenvalue weighted by molar-refractivity contribution is 0.276. The predicted octanol–water partition coefficient (Wildman–Crippen LogP) is 3.54.